The number of nitrogens with zero attached hydrogens (tertiary/aromatic N) is 1. The Hall–Kier alpha value is -0.220. The van der Waals surface area contributed by atoms with Crippen LogP contribution >= 0.6 is 11.8 Å². The van der Waals surface area contributed by atoms with Crippen molar-refractivity contribution in [1.29, 1.82) is 0 Å². The standard InChI is InChI=1S/C13H24N2OS/c1-10(13(16)14-11-6-7-11)15-8-4-3-5-12(9-15)17-2/h10-12H,3-9H2,1-2H3,(H,14,16). The highest BCUT2D eigenvalue weighted by Gasteiger charge is 2.29. The van der Waals surface area contributed by atoms with E-state index in [0.29, 0.717) is 11.3 Å². The van der Waals surface area contributed by atoms with E-state index in [1.165, 1.54) is 32.1 Å². The van der Waals surface area contributed by atoms with Gasteiger partial charge in [0.05, 0.1) is 6.04 Å². The minimum atomic E-state index is 0.0448. The average molecular weight is 256 g/mol. The Kier molecular flexibility index (Phi) is 4.74. The van der Waals surface area contributed by atoms with E-state index < -0.39 is 0 Å². The van der Waals surface area contributed by atoms with Crippen molar-refractivity contribution in [1.82, 2.24) is 10.2 Å². The van der Waals surface area contributed by atoms with Crippen LogP contribution < -0.4 is 5.32 Å². The number of nitrogens with one attached hydrogen (secondary N) is 1. The molecule has 2 aliphatic rings. The number of thioether (sulfide) groups is 1. The fraction of sp³-hybridized carbons (Fsp3) is 0.923. The second-order valence-electron chi connectivity index (χ2n) is 5.31. The minimum absolute atomic E-state index is 0.0448. The van der Waals surface area contributed by atoms with Crippen LogP contribution in [0.15, 0.2) is 0 Å². The molecule has 0 radical (unpaired) electrons. The molecule has 98 valence electrons. The molecule has 1 saturated carbocycles. The fourth-order valence-corrected chi connectivity index (χ4v) is 3.13. The molecule has 17 heavy (non-hydrogen) atoms. The van der Waals surface area contributed by atoms with Gasteiger partial charge in [0.1, 0.15) is 0 Å². The van der Waals surface area contributed by atoms with E-state index >= 15 is 0 Å². The first kappa shape index (κ1) is 13.2. The predicted molar refractivity (Wildman–Crippen MR) is 73.4 cm³/mol. The van der Waals surface area contributed by atoms with Crippen LogP contribution in [-0.2, 0) is 4.79 Å². The molecule has 1 heterocycles. The van der Waals surface area contributed by atoms with Crippen LogP contribution in [0.5, 0.6) is 0 Å². The van der Waals surface area contributed by atoms with Crippen molar-refractivity contribution in [3.8, 4) is 0 Å². The van der Waals surface area contributed by atoms with Gasteiger partial charge in [0.15, 0.2) is 0 Å². The second kappa shape index (κ2) is 6.10. The van der Waals surface area contributed by atoms with Crippen molar-refractivity contribution < 1.29 is 4.79 Å². The van der Waals surface area contributed by atoms with Crippen LogP contribution in [-0.4, -0.2) is 47.5 Å². The lowest BCUT2D eigenvalue weighted by atomic mass is 10.2. The summed E-state index contributed by atoms with van der Waals surface area (Å²) < 4.78 is 0. The highest BCUT2D eigenvalue weighted by Crippen LogP contribution is 2.22. The number of carbonyl (C=O) groups is 1. The first-order chi connectivity index (χ1) is 8.20. The smallest absolute Gasteiger partial charge is 0.237 e. The molecule has 0 aromatic carbocycles. The monoisotopic (exact) mass is 256 g/mol. The normalized spacial score (nSPS) is 28.5. The van der Waals surface area contributed by atoms with Crippen molar-refractivity contribution in [2.45, 2.75) is 56.4 Å². The van der Waals surface area contributed by atoms with Gasteiger partial charge in [-0.3, -0.25) is 9.69 Å². The molecule has 2 fully saturated rings. The van der Waals surface area contributed by atoms with Gasteiger partial charge in [-0.25, -0.2) is 0 Å². The number of amides is 1. The molecule has 1 N–H and O–H groups in total. The maximum atomic E-state index is 12.0. The maximum absolute atomic E-state index is 12.0. The summed E-state index contributed by atoms with van der Waals surface area (Å²) in [4.78, 5) is 14.4. The maximum Gasteiger partial charge on any atom is 0.237 e. The number of carbonyl (C=O) groups excluding carboxylic acids is 1. The zero-order valence-electron chi connectivity index (χ0n) is 10.9. The molecule has 0 aromatic heterocycles. The van der Waals surface area contributed by atoms with Gasteiger partial charge >= 0.3 is 0 Å². The summed E-state index contributed by atoms with van der Waals surface area (Å²) in [6.07, 6.45) is 8.37. The molecular weight excluding hydrogens is 232 g/mol. The number of likely N-dealkylation sites (tertiary alicyclic amines) is 1. The van der Waals surface area contributed by atoms with Crippen LogP contribution in [0, 0.1) is 0 Å². The van der Waals surface area contributed by atoms with Gasteiger partial charge in [0.2, 0.25) is 5.91 Å². The molecule has 2 atom stereocenters. The number of hydrogen-bond donors (Lipinski definition) is 1. The van der Waals surface area contributed by atoms with Gasteiger partial charge in [0.25, 0.3) is 0 Å². The molecule has 3 nitrogen and oxygen atoms in total. The third-order valence-electron chi connectivity index (χ3n) is 3.84. The summed E-state index contributed by atoms with van der Waals surface area (Å²) in [5, 5.41) is 3.82. The Labute approximate surface area is 109 Å². The van der Waals surface area contributed by atoms with Gasteiger partial charge in [-0.1, -0.05) is 6.42 Å². The van der Waals surface area contributed by atoms with Crippen molar-refractivity contribution in [3.63, 3.8) is 0 Å². The van der Waals surface area contributed by atoms with Crippen LogP contribution in [0.25, 0.3) is 0 Å². The first-order valence-electron chi connectivity index (χ1n) is 6.78. The summed E-state index contributed by atoms with van der Waals surface area (Å²) in [5.74, 6) is 0.231. The molecule has 1 amide bonds. The molecule has 0 spiro atoms. The van der Waals surface area contributed by atoms with E-state index in [0.717, 1.165) is 13.1 Å². The Morgan fingerprint density at radius 3 is 2.76 bits per heavy atom. The van der Waals surface area contributed by atoms with Crippen LogP contribution in [0.2, 0.25) is 0 Å². The fourth-order valence-electron chi connectivity index (χ4n) is 2.39. The van der Waals surface area contributed by atoms with E-state index in [4.69, 9.17) is 0 Å². The SMILES string of the molecule is CSC1CCCCN(C(C)C(=O)NC2CC2)C1. The highest BCUT2D eigenvalue weighted by molar-refractivity contribution is 7.99. The molecule has 1 saturated heterocycles. The Morgan fingerprint density at radius 1 is 1.35 bits per heavy atom. The third-order valence-corrected chi connectivity index (χ3v) is 4.90. The van der Waals surface area contributed by atoms with Gasteiger partial charge in [-0.05, 0) is 45.4 Å². The molecule has 0 aromatic rings. The van der Waals surface area contributed by atoms with Crippen molar-refractivity contribution in [2.24, 2.45) is 0 Å². The largest absolute Gasteiger partial charge is 0.352 e. The zero-order valence-corrected chi connectivity index (χ0v) is 11.8. The quantitative estimate of drug-likeness (QED) is 0.833. The van der Waals surface area contributed by atoms with Gasteiger partial charge in [0, 0.05) is 17.8 Å². The molecule has 1 aliphatic heterocycles. The van der Waals surface area contributed by atoms with E-state index in [1.54, 1.807) is 0 Å². The van der Waals surface area contributed by atoms with Gasteiger partial charge in [-0.2, -0.15) is 11.8 Å². The van der Waals surface area contributed by atoms with E-state index in [1.807, 2.05) is 11.8 Å². The molecule has 0 bridgehead atoms. The van der Waals surface area contributed by atoms with Crippen molar-refractivity contribution in [3.05, 3.63) is 0 Å². The lowest BCUT2D eigenvalue weighted by Crippen LogP contribution is -2.47. The zero-order chi connectivity index (χ0) is 12.3. The molecular formula is C13H24N2OS. The van der Waals surface area contributed by atoms with Crippen LogP contribution in [0.4, 0.5) is 0 Å². The number of rotatable bonds is 4. The summed E-state index contributed by atoms with van der Waals surface area (Å²) in [6.45, 7) is 4.21. The van der Waals surface area contributed by atoms with Crippen molar-refractivity contribution >= 4 is 17.7 Å². The third kappa shape index (κ3) is 3.88. The highest BCUT2D eigenvalue weighted by atomic mass is 32.2. The van der Waals surface area contributed by atoms with E-state index in [-0.39, 0.29) is 11.9 Å². The molecule has 2 rings (SSSR count). The minimum Gasteiger partial charge on any atom is -0.352 e. The lowest BCUT2D eigenvalue weighted by Gasteiger charge is -2.28. The number of hydrogen-bond acceptors (Lipinski definition) is 3. The Morgan fingerprint density at radius 2 is 2.12 bits per heavy atom. The summed E-state index contributed by atoms with van der Waals surface area (Å²) in [7, 11) is 0. The van der Waals surface area contributed by atoms with Crippen LogP contribution in [0.3, 0.4) is 0 Å². The Balaban J connectivity index is 1.86. The summed E-state index contributed by atoms with van der Waals surface area (Å²) in [6, 6.07) is 0.525. The summed E-state index contributed by atoms with van der Waals surface area (Å²) in [5.41, 5.74) is 0. The first-order valence-corrected chi connectivity index (χ1v) is 8.06. The van der Waals surface area contributed by atoms with Crippen LogP contribution in [0.1, 0.15) is 39.0 Å². The predicted octanol–water partition coefficient (Wildman–Crippen LogP) is 1.87. The van der Waals surface area contributed by atoms with Gasteiger partial charge in [-0.15, -0.1) is 0 Å². The topological polar surface area (TPSA) is 32.3 Å². The Bertz CT molecular complexity index is 268. The average Bonchev–Trinajstić information content (AvgIpc) is 3.13. The molecule has 1 aliphatic carbocycles. The molecule has 4 heteroatoms. The van der Waals surface area contributed by atoms with Crippen molar-refractivity contribution in [2.75, 3.05) is 19.3 Å². The lowest BCUT2D eigenvalue weighted by molar-refractivity contribution is -0.126. The van der Waals surface area contributed by atoms with E-state index in [9.17, 15) is 4.79 Å². The second-order valence-corrected chi connectivity index (χ2v) is 6.45. The molecule has 2 unspecified atom stereocenters. The summed E-state index contributed by atoms with van der Waals surface area (Å²) >= 11 is 1.94. The van der Waals surface area contributed by atoms with Gasteiger partial charge < -0.3 is 5.32 Å². The van der Waals surface area contributed by atoms with E-state index in [2.05, 4.69) is 23.4 Å².